The lowest BCUT2D eigenvalue weighted by Gasteiger charge is -2.13. The lowest BCUT2D eigenvalue weighted by atomic mass is 10.1. The average molecular weight is 278 g/mol. The number of ether oxygens (including phenoxy) is 2. The minimum atomic E-state index is -0.232. The van der Waals surface area contributed by atoms with Gasteiger partial charge in [0.1, 0.15) is 0 Å². The first kappa shape index (κ1) is 14.7. The first-order valence-corrected chi connectivity index (χ1v) is 7.14. The second-order valence-corrected chi connectivity index (χ2v) is 4.90. The summed E-state index contributed by atoms with van der Waals surface area (Å²) in [4.78, 5) is 10.6. The molecule has 1 heterocycles. The number of carbonyl (C=O) groups is 1. The highest BCUT2D eigenvalue weighted by Crippen LogP contribution is 2.33. The van der Waals surface area contributed by atoms with Crippen LogP contribution in [0.2, 0.25) is 0 Å². The van der Waals surface area contributed by atoms with Gasteiger partial charge in [0.15, 0.2) is 11.5 Å². The normalized spacial score (nSPS) is 13.8. The first-order chi connectivity index (χ1) is 9.77. The number of para-hydroxylation sites is 1. The van der Waals surface area contributed by atoms with E-state index in [1.807, 2.05) is 18.2 Å². The Hall–Kier alpha value is -1.75. The van der Waals surface area contributed by atoms with Crippen LogP contribution in [0, 0.1) is 0 Å². The van der Waals surface area contributed by atoms with Crippen molar-refractivity contribution in [1.82, 2.24) is 5.32 Å². The molecule has 0 radical (unpaired) electrons. The van der Waals surface area contributed by atoms with Crippen molar-refractivity contribution in [2.45, 2.75) is 32.2 Å². The molecule has 0 fully saturated rings. The summed E-state index contributed by atoms with van der Waals surface area (Å²) in [6, 6.07) is 5.97. The van der Waals surface area contributed by atoms with Crippen LogP contribution in [0.25, 0.3) is 0 Å². The predicted molar refractivity (Wildman–Crippen MR) is 76.8 cm³/mol. The third-order valence-electron chi connectivity index (χ3n) is 3.20. The molecule has 0 spiro atoms. The number of fused-ring (bicyclic) bond motifs is 1. The van der Waals surface area contributed by atoms with Crippen LogP contribution in [0.15, 0.2) is 18.2 Å². The molecule has 3 N–H and O–H groups in total. The van der Waals surface area contributed by atoms with Crippen LogP contribution in [0.5, 0.6) is 11.5 Å². The van der Waals surface area contributed by atoms with Crippen molar-refractivity contribution in [3.63, 3.8) is 0 Å². The summed E-state index contributed by atoms with van der Waals surface area (Å²) >= 11 is 0. The molecule has 110 valence electrons. The number of carbonyl (C=O) groups excluding carboxylic acids is 1. The van der Waals surface area contributed by atoms with Gasteiger partial charge in [-0.05, 0) is 25.5 Å². The van der Waals surface area contributed by atoms with Gasteiger partial charge in [-0.15, -0.1) is 0 Å². The lowest BCUT2D eigenvalue weighted by Crippen LogP contribution is -2.16. The number of amides is 1. The second kappa shape index (κ2) is 7.75. The molecule has 1 amide bonds. The summed E-state index contributed by atoms with van der Waals surface area (Å²) in [6.45, 7) is 3.00. The summed E-state index contributed by atoms with van der Waals surface area (Å²) in [5.41, 5.74) is 6.21. The van der Waals surface area contributed by atoms with Gasteiger partial charge in [-0.1, -0.05) is 12.1 Å². The van der Waals surface area contributed by atoms with Gasteiger partial charge in [0, 0.05) is 24.9 Å². The van der Waals surface area contributed by atoms with Gasteiger partial charge in [0.05, 0.1) is 13.2 Å². The van der Waals surface area contributed by atoms with E-state index in [0.717, 1.165) is 49.4 Å². The predicted octanol–water partition coefficient (Wildman–Crippen LogP) is 1.59. The summed E-state index contributed by atoms with van der Waals surface area (Å²) in [6.07, 6.45) is 3.14. The molecule has 0 saturated carbocycles. The number of hydrogen-bond donors (Lipinski definition) is 2. The van der Waals surface area contributed by atoms with Gasteiger partial charge in [0.2, 0.25) is 5.91 Å². The van der Waals surface area contributed by atoms with Crippen molar-refractivity contribution in [3.8, 4) is 11.5 Å². The summed E-state index contributed by atoms with van der Waals surface area (Å²) in [7, 11) is 0. The molecular weight excluding hydrogens is 256 g/mol. The number of rotatable bonds is 7. The molecule has 1 aromatic rings. The van der Waals surface area contributed by atoms with Gasteiger partial charge in [-0.2, -0.15) is 0 Å². The van der Waals surface area contributed by atoms with Crippen molar-refractivity contribution in [2.24, 2.45) is 5.73 Å². The largest absolute Gasteiger partial charge is 0.490 e. The minimum Gasteiger partial charge on any atom is -0.490 e. The zero-order chi connectivity index (χ0) is 14.2. The van der Waals surface area contributed by atoms with Gasteiger partial charge >= 0.3 is 0 Å². The number of hydrogen-bond acceptors (Lipinski definition) is 4. The van der Waals surface area contributed by atoms with Crippen LogP contribution in [0.4, 0.5) is 0 Å². The van der Waals surface area contributed by atoms with Crippen molar-refractivity contribution >= 4 is 5.91 Å². The van der Waals surface area contributed by atoms with Crippen LogP contribution in [0.3, 0.4) is 0 Å². The maximum atomic E-state index is 10.6. The van der Waals surface area contributed by atoms with E-state index in [9.17, 15) is 4.79 Å². The third-order valence-corrected chi connectivity index (χ3v) is 3.20. The van der Waals surface area contributed by atoms with E-state index in [4.69, 9.17) is 15.2 Å². The SMILES string of the molecule is NC(=O)CCCCNCc1cccc2c1OCCCO2. The highest BCUT2D eigenvalue weighted by atomic mass is 16.5. The Morgan fingerprint density at radius 1 is 1.25 bits per heavy atom. The van der Waals surface area contributed by atoms with Crippen molar-refractivity contribution in [3.05, 3.63) is 23.8 Å². The van der Waals surface area contributed by atoms with E-state index < -0.39 is 0 Å². The Labute approximate surface area is 119 Å². The Bertz CT molecular complexity index is 449. The van der Waals surface area contributed by atoms with Gasteiger partial charge in [0.25, 0.3) is 0 Å². The standard InChI is InChI=1S/C15H22N2O3/c16-14(18)7-1-2-8-17-11-12-5-3-6-13-15(12)20-10-4-9-19-13/h3,5-6,17H,1-2,4,7-11H2,(H2,16,18). The number of unbranched alkanes of at least 4 members (excludes halogenated alkanes) is 1. The number of nitrogens with one attached hydrogen (secondary N) is 1. The van der Waals surface area contributed by atoms with Crippen LogP contribution in [-0.4, -0.2) is 25.7 Å². The fraction of sp³-hybridized carbons (Fsp3) is 0.533. The third kappa shape index (κ3) is 4.42. The molecule has 0 bridgehead atoms. The van der Waals surface area contributed by atoms with Crippen molar-refractivity contribution < 1.29 is 14.3 Å². The molecule has 0 unspecified atom stereocenters. The number of nitrogens with two attached hydrogens (primary N) is 1. The van der Waals surface area contributed by atoms with Crippen LogP contribution in [0.1, 0.15) is 31.2 Å². The monoisotopic (exact) mass is 278 g/mol. The molecule has 1 aliphatic heterocycles. The minimum absolute atomic E-state index is 0.232. The zero-order valence-electron chi connectivity index (χ0n) is 11.7. The van der Waals surface area contributed by atoms with E-state index in [0.29, 0.717) is 19.6 Å². The molecular formula is C15H22N2O3. The first-order valence-electron chi connectivity index (χ1n) is 7.14. The van der Waals surface area contributed by atoms with Gasteiger partial charge in [-0.3, -0.25) is 4.79 Å². The fourth-order valence-electron chi connectivity index (χ4n) is 2.17. The summed E-state index contributed by atoms with van der Waals surface area (Å²) in [5.74, 6) is 1.45. The van der Waals surface area contributed by atoms with Gasteiger partial charge in [-0.25, -0.2) is 0 Å². The van der Waals surface area contributed by atoms with Crippen molar-refractivity contribution in [2.75, 3.05) is 19.8 Å². The molecule has 5 heteroatoms. The molecule has 2 rings (SSSR count). The zero-order valence-corrected chi connectivity index (χ0v) is 11.7. The summed E-state index contributed by atoms with van der Waals surface area (Å²) < 4.78 is 11.4. The van der Waals surface area contributed by atoms with Gasteiger partial charge < -0.3 is 20.5 Å². The molecule has 1 aliphatic rings. The van der Waals surface area contributed by atoms with E-state index in [-0.39, 0.29) is 5.91 Å². The van der Waals surface area contributed by atoms with Crippen LogP contribution in [-0.2, 0) is 11.3 Å². The van der Waals surface area contributed by atoms with E-state index in [1.54, 1.807) is 0 Å². The number of benzene rings is 1. The Morgan fingerprint density at radius 2 is 2.10 bits per heavy atom. The van der Waals surface area contributed by atoms with Crippen LogP contribution < -0.4 is 20.5 Å². The molecule has 0 aliphatic carbocycles. The topological polar surface area (TPSA) is 73.6 Å². The van der Waals surface area contributed by atoms with E-state index >= 15 is 0 Å². The highest BCUT2D eigenvalue weighted by molar-refractivity contribution is 5.73. The molecule has 0 aromatic heterocycles. The quantitative estimate of drug-likeness (QED) is 0.743. The maximum Gasteiger partial charge on any atom is 0.217 e. The molecule has 20 heavy (non-hydrogen) atoms. The van der Waals surface area contributed by atoms with E-state index in [2.05, 4.69) is 5.32 Å². The van der Waals surface area contributed by atoms with E-state index in [1.165, 1.54) is 0 Å². The van der Waals surface area contributed by atoms with Crippen molar-refractivity contribution in [1.29, 1.82) is 0 Å². The Balaban J connectivity index is 1.79. The molecule has 0 saturated heterocycles. The molecule has 1 aromatic carbocycles. The lowest BCUT2D eigenvalue weighted by molar-refractivity contribution is -0.118. The number of primary amides is 1. The second-order valence-electron chi connectivity index (χ2n) is 4.90. The molecule has 0 atom stereocenters. The Morgan fingerprint density at radius 3 is 2.95 bits per heavy atom. The maximum absolute atomic E-state index is 10.6. The smallest absolute Gasteiger partial charge is 0.217 e. The molecule has 5 nitrogen and oxygen atoms in total. The fourth-order valence-corrected chi connectivity index (χ4v) is 2.17. The summed E-state index contributed by atoms with van der Waals surface area (Å²) in [5, 5.41) is 3.36. The van der Waals surface area contributed by atoms with Crippen LogP contribution >= 0.6 is 0 Å². The highest BCUT2D eigenvalue weighted by Gasteiger charge is 2.13. The Kier molecular flexibility index (Phi) is 5.68. The average Bonchev–Trinajstić information content (AvgIpc) is 2.68.